The molecule has 4 rings (SSSR count). The molecule has 2 aromatic carbocycles. The summed E-state index contributed by atoms with van der Waals surface area (Å²) in [6, 6.07) is 19.7. The Morgan fingerprint density at radius 1 is 1.04 bits per heavy atom. The number of fused-ring (bicyclic) bond motifs is 1. The summed E-state index contributed by atoms with van der Waals surface area (Å²) in [4.78, 5) is 4.99. The number of para-hydroxylation sites is 3. The highest BCUT2D eigenvalue weighted by Crippen LogP contribution is 2.37. The van der Waals surface area contributed by atoms with Crippen LogP contribution in [0.1, 0.15) is 44.3 Å². The summed E-state index contributed by atoms with van der Waals surface area (Å²) < 4.78 is 2.45. The fourth-order valence-electron chi connectivity index (χ4n) is 3.98. The van der Waals surface area contributed by atoms with Crippen molar-refractivity contribution < 1.29 is 0 Å². The molecule has 24 heavy (non-hydrogen) atoms. The monoisotopic (exact) mass is 319 g/mol. The van der Waals surface area contributed by atoms with Crippen molar-refractivity contribution in [2.45, 2.75) is 51.1 Å². The number of nitrogens with zero attached hydrogens (tertiary/aromatic N) is 2. The number of rotatable bonds is 5. The van der Waals surface area contributed by atoms with E-state index in [0.717, 1.165) is 18.5 Å². The smallest absolute Gasteiger partial charge is 0.113 e. The van der Waals surface area contributed by atoms with E-state index in [2.05, 4.69) is 71.4 Å². The first kappa shape index (κ1) is 15.3. The summed E-state index contributed by atoms with van der Waals surface area (Å²) in [5.41, 5.74) is 3.65. The first-order valence-corrected chi connectivity index (χ1v) is 9.12. The SMILES string of the molecule is CCCn1c(C2CCC(Nc3ccccc3)C2)nc2ccccc21. The van der Waals surface area contributed by atoms with E-state index >= 15 is 0 Å². The lowest BCUT2D eigenvalue weighted by atomic mass is 10.1. The van der Waals surface area contributed by atoms with Gasteiger partial charge < -0.3 is 9.88 Å². The van der Waals surface area contributed by atoms with Gasteiger partial charge in [0.1, 0.15) is 5.82 Å². The van der Waals surface area contributed by atoms with Crippen LogP contribution >= 0.6 is 0 Å². The highest BCUT2D eigenvalue weighted by molar-refractivity contribution is 5.76. The fraction of sp³-hybridized carbons (Fsp3) is 0.381. The molecule has 3 nitrogen and oxygen atoms in total. The predicted octanol–water partition coefficient (Wildman–Crippen LogP) is 5.19. The second-order valence-electron chi connectivity index (χ2n) is 6.83. The van der Waals surface area contributed by atoms with Gasteiger partial charge in [-0.05, 0) is 49.9 Å². The van der Waals surface area contributed by atoms with E-state index in [1.807, 2.05) is 0 Å². The number of nitrogens with one attached hydrogen (secondary N) is 1. The van der Waals surface area contributed by atoms with Crippen LogP contribution in [0, 0.1) is 0 Å². The van der Waals surface area contributed by atoms with E-state index in [4.69, 9.17) is 4.98 Å². The normalized spacial score (nSPS) is 20.5. The van der Waals surface area contributed by atoms with Gasteiger partial charge in [0.15, 0.2) is 0 Å². The summed E-state index contributed by atoms with van der Waals surface area (Å²) in [6.07, 6.45) is 4.75. The largest absolute Gasteiger partial charge is 0.382 e. The lowest BCUT2D eigenvalue weighted by molar-refractivity contribution is 0.581. The van der Waals surface area contributed by atoms with Crippen LogP contribution in [0.4, 0.5) is 5.69 Å². The number of hydrogen-bond acceptors (Lipinski definition) is 2. The molecule has 124 valence electrons. The van der Waals surface area contributed by atoms with Crippen LogP contribution in [0.5, 0.6) is 0 Å². The third kappa shape index (κ3) is 2.91. The van der Waals surface area contributed by atoms with Crippen LogP contribution in [-0.4, -0.2) is 15.6 Å². The molecule has 1 aliphatic carbocycles. The van der Waals surface area contributed by atoms with Gasteiger partial charge in [0.2, 0.25) is 0 Å². The second kappa shape index (κ2) is 6.68. The second-order valence-corrected chi connectivity index (χ2v) is 6.83. The third-order valence-electron chi connectivity index (χ3n) is 5.07. The lowest BCUT2D eigenvalue weighted by Crippen LogP contribution is -2.16. The molecule has 1 fully saturated rings. The van der Waals surface area contributed by atoms with E-state index in [9.17, 15) is 0 Å². The van der Waals surface area contributed by atoms with Gasteiger partial charge in [-0.25, -0.2) is 4.98 Å². The van der Waals surface area contributed by atoms with Crippen molar-refractivity contribution in [1.29, 1.82) is 0 Å². The first-order chi connectivity index (χ1) is 11.8. The van der Waals surface area contributed by atoms with Crippen LogP contribution in [0.3, 0.4) is 0 Å². The number of anilines is 1. The van der Waals surface area contributed by atoms with E-state index in [1.54, 1.807) is 0 Å². The van der Waals surface area contributed by atoms with Crippen LogP contribution in [0.15, 0.2) is 54.6 Å². The van der Waals surface area contributed by atoms with Gasteiger partial charge in [-0.1, -0.05) is 37.3 Å². The molecule has 3 aromatic rings. The Bertz CT molecular complexity index is 806. The highest BCUT2D eigenvalue weighted by atomic mass is 15.1. The average molecular weight is 319 g/mol. The van der Waals surface area contributed by atoms with E-state index in [1.165, 1.54) is 36.3 Å². The van der Waals surface area contributed by atoms with Gasteiger partial charge in [-0.3, -0.25) is 0 Å². The summed E-state index contributed by atoms with van der Waals surface area (Å²) in [5.74, 6) is 1.85. The zero-order valence-corrected chi connectivity index (χ0v) is 14.3. The van der Waals surface area contributed by atoms with Crippen LogP contribution < -0.4 is 5.32 Å². The van der Waals surface area contributed by atoms with Crippen molar-refractivity contribution in [1.82, 2.24) is 9.55 Å². The molecule has 1 N–H and O–H groups in total. The molecule has 0 amide bonds. The van der Waals surface area contributed by atoms with Gasteiger partial charge in [-0.15, -0.1) is 0 Å². The van der Waals surface area contributed by atoms with Crippen molar-refractivity contribution in [3.63, 3.8) is 0 Å². The maximum Gasteiger partial charge on any atom is 0.113 e. The Labute approximate surface area is 143 Å². The van der Waals surface area contributed by atoms with Gasteiger partial charge in [0.25, 0.3) is 0 Å². The van der Waals surface area contributed by atoms with E-state index in [0.29, 0.717) is 12.0 Å². The molecule has 0 bridgehead atoms. The molecule has 2 unspecified atom stereocenters. The fourth-order valence-corrected chi connectivity index (χ4v) is 3.98. The lowest BCUT2D eigenvalue weighted by Gasteiger charge is -2.16. The maximum atomic E-state index is 4.99. The van der Waals surface area contributed by atoms with Crippen molar-refractivity contribution in [3.8, 4) is 0 Å². The summed E-state index contributed by atoms with van der Waals surface area (Å²) in [5, 5.41) is 3.69. The Hall–Kier alpha value is -2.29. The van der Waals surface area contributed by atoms with Gasteiger partial charge >= 0.3 is 0 Å². The molecular weight excluding hydrogens is 294 g/mol. The quantitative estimate of drug-likeness (QED) is 0.701. The molecule has 1 saturated carbocycles. The number of benzene rings is 2. The van der Waals surface area contributed by atoms with Crippen LogP contribution in [0.2, 0.25) is 0 Å². The Kier molecular flexibility index (Phi) is 4.24. The zero-order chi connectivity index (χ0) is 16.4. The third-order valence-corrected chi connectivity index (χ3v) is 5.07. The van der Waals surface area contributed by atoms with Gasteiger partial charge in [0.05, 0.1) is 11.0 Å². The highest BCUT2D eigenvalue weighted by Gasteiger charge is 2.29. The maximum absolute atomic E-state index is 4.99. The van der Waals surface area contributed by atoms with Crippen molar-refractivity contribution in [3.05, 3.63) is 60.4 Å². The molecule has 0 radical (unpaired) electrons. The number of imidazole rings is 1. The van der Waals surface area contributed by atoms with Crippen molar-refractivity contribution in [2.24, 2.45) is 0 Å². The Balaban J connectivity index is 1.56. The van der Waals surface area contributed by atoms with Crippen molar-refractivity contribution in [2.75, 3.05) is 5.32 Å². The first-order valence-electron chi connectivity index (χ1n) is 9.12. The number of aromatic nitrogens is 2. The minimum Gasteiger partial charge on any atom is -0.382 e. The predicted molar refractivity (Wildman–Crippen MR) is 100 cm³/mol. The molecule has 1 heterocycles. The standard InChI is InChI=1S/C21H25N3/c1-2-14-24-20-11-7-6-10-19(20)23-21(24)16-12-13-18(15-16)22-17-8-4-3-5-9-17/h3-11,16,18,22H,2,12-15H2,1H3. The van der Waals surface area contributed by atoms with Gasteiger partial charge in [-0.2, -0.15) is 0 Å². The Morgan fingerprint density at radius 2 is 1.83 bits per heavy atom. The Morgan fingerprint density at radius 3 is 2.67 bits per heavy atom. The minimum absolute atomic E-state index is 0.548. The van der Waals surface area contributed by atoms with Crippen molar-refractivity contribution >= 4 is 16.7 Å². The molecule has 1 aliphatic rings. The molecule has 2 atom stereocenters. The average Bonchev–Trinajstić information content (AvgIpc) is 3.21. The topological polar surface area (TPSA) is 29.9 Å². The molecule has 0 aliphatic heterocycles. The van der Waals surface area contributed by atoms with Crippen LogP contribution in [0.25, 0.3) is 11.0 Å². The van der Waals surface area contributed by atoms with Crippen LogP contribution in [-0.2, 0) is 6.54 Å². The van der Waals surface area contributed by atoms with E-state index in [-0.39, 0.29) is 0 Å². The van der Waals surface area contributed by atoms with E-state index < -0.39 is 0 Å². The summed E-state index contributed by atoms with van der Waals surface area (Å²) >= 11 is 0. The minimum atomic E-state index is 0.548. The van der Waals surface area contributed by atoms with Gasteiger partial charge in [0, 0.05) is 24.2 Å². The number of hydrogen-bond donors (Lipinski definition) is 1. The number of aryl methyl sites for hydroxylation is 1. The molecule has 1 aromatic heterocycles. The molecule has 0 saturated heterocycles. The molecule has 3 heteroatoms. The molecular formula is C21H25N3. The summed E-state index contributed by atoms with van der Waals surface area (Å²) in [7, 11) is 0. The zero-order valence-electron chi connectivity index (χ0n) is 14.3. The molecule has 0 spiro atoms. The summed E-state index contributed by atoms with van der Waals surface area (Å²) in [6.45, 7) is 3.30.